The van der Waals surface area contributed by atoms with Crippen molar-refractivity contribution in [3.05, 3.63) is 99.3 Å². The zero-order valence-electron chi connectivity index (χ0n) is 21.9. The van der Waals surface area contributed by atoms with Crippen LogP contribution in [0.1, 0.15) is 28.2 Å². The van der Waals surface area contributed by atoms with Crippen LogP contribution >= 0.6 is 0 Å². The Morgan fingerprint density at radius 3 is 2.31 bits per heavy atom. The molecule has 0 aliphatic carbocycles. The number of benzene rings is 3. The summed E-state index contributed by atoms with van der Waals surface area (Å²) in [7, 11) is 0.160. The minimum Gasteiger partial charge on any atom is -0.493 e. The highest BCUT2D eigenvalue weighted by molar-refractivity contribution is 7.96. The molecule has 9 nitrogen and oxygen atoms in total. The lowest BCUT2D eigenvalue weighted by Crippen LogP contribution is -2.39. The summed E-state index contributed by atoms with van der Waals surface area (Å²) in [5.41, 5.74) is 9.45. The highest BCUT2D eigenvalue weighted by Gasteiger charge is 2.47. The molecular weight excluding hydrogens is 518 g/mol. The van der Waals surface area contributed by atoms with Gasteiger partial charge in [0.05, 0.1) is 39.5 Å². The Hall–Kier alpha value is -4.62. The van der Waals surface area contributed by atoms with Crippen molar-refractivity contribution in [2.45, 2.75) is 19.4 Å². The Morgan fingerprint density at radius 1 is 1.00 bits per heavy atom. The predicted octanol–water partition coefficient (Wildman–Crippen LogP) is 4.55. The maximum atomic E-state index is 14.5. The van der Waals surface area contributed by atoms with Crippen molar-refractivity contribution in [1.82, 2.24) is 0 Å². The monoisotopic (exact) mass is 545 g/mol. The predicted molar refractivity (Wildman–Crippen MR) is 146 cm³/mol. The molecule has 3 aromatic carbocycles. The van der Waals surface area contributed by atoms with Crippen LogP contribution in [0.3, 0.4) is 0 Å². The summed E-state index contributed by atoms with van der Waals surface area (Å²) in [4.78, 5) is -0.0890. The quantitative estimate of drug-likeness (QED) is 0.479. The van der Waals surface area contributed by atoms with Crippen LogP contribution in [0.5, 0.6) is 17.2 Å². The number of hydrogen-bond donors (Lipinski definition) is 1. The van der Waals surface area contributed by atoms with Crippen molar-refractivity contribution in [3.8, 4) is 23.3 Å². The van der Waals surface area contributed by atoms with Gasteiger partial charge in [0.25, 0.3) is 10.0 Å². The van der Waals surface area contributed by atoms with Crippen LogP contribution in [0, 0.1) is 18.3 Å². The molecule has 0 amide bonds. The van der Waals surface area contributed by atoms with Crippen LogP contribution in [0.15, 0.2) is 77.0 Å². The first-order chi connectivity index (χ1) is 18.7. The Morgan fingerprint density at radius 2 is 1.69 bits per heavy atom. The minimum atomic E-state index is -4.23. The molecule has 200 valence electrons. The summed E-state index contributed by atoms with van der Waals surface area (Å²) in [6.07, 6.45) is 0. The first-order valence-corrected chi connectivity index (χ1v) is 13.5. The SMILES string of the molecule is COc1cc(C2C(C#N)=C(N)OC3=C2S(=O)(=O)N(Cc2cccc(C)c2)c2ccccc23)cc(OC)c1OC. The molecule has 1 atom stereocenters. The Kier molecular flexibility index (Phi) is 6.62. The molecule has 2 heterocycles. The van der Waals surface area contributed by atoms with Crippen LogP contribution in [0.25, 0.3) is 5.76 Å². The van der Waals surface area contributed by atoms with E-state index in [9.17, 15) is 13.7 Å². The van der Waals surface area contributed by atoms with E-state index in [4.69, 9.17) is 24.7 Å². The van der Waals surface area contributed by atoms with E-state index in [1.165, 1.54) is 25.6 Å². The number of fused-ring (bicyclic) bond motifs is 2. The van der Waals surface area contributed by atoms with Crippen molar-refractivity contribution >= 4 is 21.5 Å². The number of methoxy groups -OCH3 is 3. The molecule has 5 rings (SSSR count). The number of hydrogen-bond acceptors (Lipinski definition) is 8. The van der Waals surface area contributed by atoms with E-state index < -0.39 is 15.9 Å². The Labute approximate surface area is 227 Å². The molecule has 1 unspecified atom stereocenters. The number of rotatable bonds is 6. The molecule has 2 aliphatic rings. The summed E-state index contributed by atoms with van der Waals surface area (Å²) in [5, 5.41) is 10.1. The number of aryl methyl sites for hydroxylation is 1. The van der Waals surface area contributed by atoms with E-state index in [1.807, 2.05) is 31.2 Å². The van der Waals surface area contributed by atoms with Crippen LogP contribution in [0.4, 0.5) is 5.69 Å². The van der Waals surface area contributed by atoms with Gasteiger partial charge in [-0.2, -0.15) is 5.26 Å². The third-order valence-corrected chi connectivity index (χ3v) is 8.67. The van der Waals surface area contributed by atoms with Crippen molar-refractivity contribution in [1.29, 1.82) is 5.26 Å². The van der Waals surface area contributed by atoms with Gasteiger partial charge in [-0.05, 0) is 42.3 Å². The number of ether oxygens (including phenoxy) is 4. The standard InChI is InChI=1S/C29H27N3O6S/c1-17-8-7-9-18(12-17)16-32-22-11-6-5-10-20(22)26-28(39(32,33)34)25(21(15-30)29(31)38-26)19-13-23(35-2)27(37-4)24(14-19)36-3/h5-14,25H,16,31H2,1-4H3. The van der Waals surface area contributed by atoms with Crippen molar-refractivity contribution < 1.29 is 27.4 Å². The normalized spacial score (nSPS) is 17.5. The summed E-state index contributed by atoms with van der Waals surface area (Å²) in [6, 6.07) is 20.0. The molecule has 2 N–H and O–H groups in total. The lowest BCUT2D eigenvalue weighted by molar-refractivity contribution is 0.323. The van der Waals surface area contributed by atoms with Crippen LogP contribution in [0.2, 0.25) is 0 Å². The maximum Gasteiger partial charge on any atom is 0.265 e. The average Bonchev–Trinajstić information content (AvgIpc) is 2.93. The van der Waals surface area contributed by atoms with E-state index in [-0.39, 0.29) is 28.7 Å². The van der Waals surface area contributed by atoms with E-state index in [2.05, 4.69) is 6.07 Å². The second-order valence-electron chi connectivity index (χ2n) is 9.09. The summed E-state index contributed by atoms with van der Waals surface area (Å²) in [5.74, 6) is -0.235. The molecule has 10 heteroatoms. The van der Waals surface area contributed by atoms with Crippen LogP contribution in [-0.2, 0) is 21.3 Å². The molecule has 0 spiro atoms. The fourth-order valence-corrected chi connectivity index (χ4v) is 6.97. The topological polar surface area (TPSA) is 124 Å². The van der Waals surface area contributed by atoms with Gasteiger partial charge in [-0.25, -0.2) is 8.42 Å². The Balaban J connectivity index is 1.79. The van der Waals surface area contributed by atoms with Crippen LogP contribution < -0.4 is 24.2 Å². The minimum absolute atomic E-state index is 0.0403. The van der Waals surface area contributed by atoms with E-state index >= 15 is 0 Å². The zero-order valence-corrected chi connectivity index (χ0v) is 22.7. The van der Waals surface area contributed by atoms with Gasteiger partial charge >= 0.3 is 0 Å². The third kappa shape index (κ3) is 4.21. The summed E-state index contributed by atoms with van der Waals surface area (Å²) in [6.45, 7) is 2.03. The van der Waals surface area contributed by atoms with Crippen molar-refractivity contribution in [3.63, 3.8) is 0 Å². The first kappa shape index (κ1) is 26.0. The van der Waals surface area contributed by atoms with E-state index in [1.54, 1.807) is 36.4 Å². The molecule has 0 bridgehead atoms. The smallest absolute Gasteiger partial charge is 0.265 e. The molecule has 0 radical (unpaired) electrons. The fraction of sp³-hybridized carbons (Fsp3) is 0.207. The van der Waals surface area contributed by atoms with Crippen LogP contribution in [-0.4, -0.2) is 29.7 Å². The largest absolute Gasteiger partial charge is 0.493 e. The zero-order chi connectivity index (χ0) is 27.9. The van der Waals surface area contributed by atoms with Crippen molar-refractivity contribution in [2.24, 2.45) is 5.73 Å². The summed E-state index contributed by atoms with van der Waals surface area (Å²) < 4.78 is 52.8. The molecule has 0 saturated carbocycles. The van der Waals surface area contributed by atoms with Crippen molar-refractivity contribution in [2.75, 3.05) is 25.6 Å². The maximum absolute atomic E-state index is 14.5. The second-order valence-corrected chi connectivity index (χ2v) is 10.9. The fourth-order valence-electron chi connectivity index (χ4n) is 5.06. The van der Waals surface area contributed by atoms with E-state index in [0.717, 1.165) is 11.1 Å². The molecule has 0 saturated heterocycles. The number of anilines is 1. The second kappa shape index (κ2) is 9.93. The molecule has 39 heavy (non-hydrogen) atoms. The lowest BCUT2D eigenvalue weighted by Gasteiger charge is -2.38. The summed E-state index contributed by atoms with van der Waals surface area (Å²) >= 11 is 0. The van der Waals surface area contributed by atoms with Gasteiger partial charge in [0.15, 0.2) is 17.3 Å². The lowest BCUT2D eigenvalue weighted by atomic mass is 9.87. The molecule has 0 aromatic heterocycles. The van der Waals surface area contributed by atoms with Gasteiger partial charge < -0.3 is 24.7 Å². The first-order valence-electron chi connectivity index (χ1n) is 12.0. The number of allylic oxidation sites excluding steroid dienone is 2. The molecular formula is C29H27N3O6S. The Bertz CT molecular complexity index is 1660. The highest BCUT2D eigenvalue weighted by Crippen LogP contribution is 2.53. The van der Waals surface area contributed by atoms with Gasteiger partial charge in [-0.1, -0.05) is 42.0 Å². The van der Waals surface area contributed by atoms with Gasteiger partial charge in [0.2, 0.25) is 11.6 Å². The number of nitriles is 1. The number of sulfonamides is 1. The molecule has 0 fully saturated rings. The highest BCUT2D eigenvalue weighted by atomic mass is 32.2. The van der Waals surface area contributed by atoms with Gasteiger partial charge in [0, 0.05) is 5.56 Å². The van der Waals surface area contributed by atoms with Gasteiger partial charge in [-0.15, -0.1) is 0 Å². The molecule has 3 aromatic rings. The number of nitrogens with zero attached hydrogens (tertiary/aromatic N) is 2. The van der Waals surface area contributed by atoms with E-state index in [0.29, 0.717) is 34.1 Å². The van der Waals surface area contributed by atoms with Gasteiger partial charge in [-0.3, -0.25) is 4.31 Å². The average molecular weight is 546 g/mol. The molecule has 2 aliphatic heterocycles. The number of nitrogens with two attached hydrogens (primary N) is 1. The third-order valence-electron chi connectivity index (χ3n) is 6.79. The van der Waals surface area contributed by atoms with Gasteiger partial charge in [0.1, 0.15) is 16.5 Å². The number of para-hydroxylation sites is 1.